The van der Waals surface area contributed by atoms with Crippen molar-refractivity contribution in [3.05, 3.63) is 47.7 Å². The molecule has 100 valence electrons. The Hall–Kier alpha value is -1.81. The minimum absolute atomic E-state index is 0.339. The van der Waals surface area contributed by atoms with Crippen molar-refractivity contribution in [1.82, 2.24) is 10.3 Å². The molecule has 4 nitrogen and oxygen atoms in total. The molecule has 1 fully saturated rings. The van der Waals surface area contributed by atoms with Gasteiger partial charge in [0.15, 0.2) is 5.89 Å². The maximum Gasteiger partial charge on any atom is 0.198 e. The van der Waals surface area contributed by atoms with Crippen LogP contribution in [0.1, 0.15) is 36.1 Å². The normalized spacial score (nSPS) is 18.7. The summed E-state index contributed by atoms with van der Waals surface area (Å²) in [6.45, 7) is 1.07. The van der Waals surface area contributed by atoms with Crippen molar-refractivity contribution >= 4 is 0 Å². The smallest absolute Gasteiger partial charge is 0.198 e. The number of aromatic nitrogens is 1. The Morgan fingerprint density at radius 1 is 1.47 bits per heavy atom. The summed E-state index contributed by atoms with van der Waals surface area (Å²) >= 11 is 0. The molecule has 1 atom stereocenters. The molecule has 0 bridgehead atoms. The fraction of sp³-hybridized carbons (Fsp3) is 0.400. The minimum Gasteiger partial charge on any atom is -0.497 e. The highest BCUT2D eigenvalue weighted by molar-refractivity contribution is 5.30. The predicted molar refractivity (Wildman–Crippen MR) is 72.3 cm³/mol. The first-order chi connectivity index (χ1) is 9.35. The van der Waals surface area contributed by atoms with E-state index in [2.05, 4.69) is 16.4 Å². The van der Waals surface area contributed by atoms with Crippen LogP contribution in [0, 0.1) is 0 Å². The number of rotatable bonds is 4. The van der Waals surface area contributed by atoms with Gasteiger partial charge in [-0.3, -0.25) is 0 Å². The number of methoxy groups -OCH3 is 1. The van der Waals surface area contributed by atoms with E-state index in [1.165, 1.54) is 6.42 Å². The standard InChI is InChI=1S/C15H18N2O2/c1-18-12-5-2-4-11(8-12)9-15-17-10-14(19-15)13-6-3-7-16-13/h2,4-5,8,10,13,16H,3,6-7,9H2,1H3. The summed E-state index contributed by atoms with van der Waals surface area (Å²) in [6.07, 6.45) is 4.88. The Kier molecular flexibility index (Phi) is 3.51. The maximum absolute atomic E-state index is 5.83. The van der Waals surface area contributed by atoms with Crippen LogP contribution in [-0.2, 0) is 6.42 Å². The second kappa shape index (κ2) is 5.45. The Morgan fingerprint density at radius 3 is 3.21 bits per heavy atom. The minimum atomic E-state index is 0.339. The molecule has 1 saturated heterocycles. The lowest BCUT2D eigenvalue weighted by Gasteiger charge is -2.05. The van der Waals surface area contributed by atoms with Crippen molar-refractivity contribution in [3.8, 4) is 5.75 Å². The number of benzene rings is 1. The fourth-order valence-corrected chi connectivity index (χ4v) is 2.45. The van der Waals surface area contributed by atoms with E-state index >= 15 is 0 Å². The lowest BCUT2D eigenvalue weighted by Crippen LogP contribution is -2.11. The van der Waals surface area contributed by atoms with Gasteiger partial charge >= 0.3 is 0 Å². The van der Waals surface area contributed by atoms with Gasteiger partial charge in [0.1, 0.15) is 11.5 Å². The Bertz CT molecular complexity index is 545. The second-order valence-electron chi connectivity index (χ2n) is 4.83. The molecule has 3 rings (SSSR count). The molecule has 0 radical (unpaired) electrons. The summed E-state index contributed by atoms with van der Waals surface area (Å²) in [5.74, 6) is 2.58. The molecular formula is C15H18N2O2. The maximum atomic E-state index is 5.83. The molecule has 0 amide bonds. The summed E-state index contributed by atoms with van der Waals surface area (Å²) in [6, 6.07) is 8.33. The van der Waals surface area contributed by atoms with E-state index in [0.717, 1.165) is 35.9 Å². The summed E-state index contributed by atoms with van der Waals surface area (Å²) in [7, 11) is 1.67. The fourth-order valence-electron chi connectivity index (χ4n) is 2.45. The number of nitrogens with zero attached hydrogens (tertiary/aromatic N) is 1. The van der Waals surface area contributed by atoms with Crippen molar-refractivity contribution < 1.29 is 9.15 Å². The molecule has 0 spiro atoms. The largest absolute Gasteiger partial charge is 0.497 e. The third-order valence-corrected chi connectivity index (χ3v) is 3.46. The lowest BCUT2D eigenvalue weighted by molar-refractivity contribution is 0.411. The third kappa shape index (κ3) is 2.79. The van der Waals surface area contributed by atoms with Crippen molar-refractivity contribution in [3.63, 3.8) is 0 Å². The van der Waals surface area contributed by atoms with E-state index in [1.54, 1.807) is 7.11 Å². The number of ether oxygens (including phenoxy) is 1. The topological polar surface area (TPSA) is 47.3 Å². The highest BCUT2D eigenvalue weighted by Crippen LogP contribution is 2.24. The molecule has 0 saturated carbocycles. The van der Waals surface area contributed by atoms with Crippen LogP contribution < -0.4 is 10.1 Å². The summed E-state index contributed by atoms with van der Waals surface area (Å²) in [5.41, 5.74) is 1.15. The zero-order valence-electron chi connectivity index (χ0n) is 11.1. The summed E-state index contributed by atoms with van der Waals surface area (Å²) in [5, 5.41) is 3.41. The first-order valence-corrected chi connectivity index (χ1v) is 6.66. The average Bonchev–Trinajstić information content (AvgIpc) is 3.09. The van der Waals surface area contributed by atoms with E-state index < -0.39 is 0 Å². The SMILES string of the molecule is COc1cccc(Cc2ncc(C3CCCN3)o2)c1. The number of oxazole rings is 1. The van der Waals surface area contributed by atoms with Crippen molar-refractivity contribution in [2.45, 2.75) is 25.3 Å². The van der Waals surface area contributed by atoms with Gasteiger partial charge in [-0.15, -0.1) is 0 Å². The Balaban J connectivity index is 1.72. The molecule has 0 aliphatic carbocycles. The molecule has 1 aliphatic rings. The van der Waals surface area contributed by atoms with Crippen molar-refractivity contribution in [2.24, 2.45) is 0 Å². The van der Waals surface area contributed by atoms with E-state index in [9.17, 15) is 0 Å². The van der Waals surface area contributed by atoms with Crippen LogP contribution in [0.2, 0.25) is 0 Å². The van der Waals surface area contributed by atoms with Crippen LogP contribution in [-0.4, -0.2) is 18.6 Å². The lowest BCUT2D eigenvalue weighted by atomic mass is 10.1. The highest BCUT2D eigenvalue weighted by Gasteiger charge is 2.20. The first-order valence-electron chi connectivity index (χ1n) is 6.66. The molecular weight excluding hydrogens is 240 g/mol. The molecule has 19 heavy (non-hydrogen) atoms. The van der Waals surface area contributed by atoms with E-state index in [4.69, 9.17) is 9.15 Å². The molecule has 1 N–H and O–H groups in total. The Labute approximate surface area is 112 Å². The van der Waals surface area contributed by atoms with Gasteiger partial charge in [0.2, 0.25) is 0 Å². The van der Waals surface area contributed by atoms with Crippen LogP contribution in [0.15, 0.2) is 34.9 Å². The van der Waals surface area contributed by atoms with E-state index in [1.807, 2.05) is 24.4 Å². The van der Waals surface area contributed by atoms with Gasteiger partial charge in [-0.2, -0.15) is 0 Å². The molecule has 1 unspecified atom stereocenters. The van der Waals surface area contributed by atoms with Crippen LogP contribution in [0.3, 0.4) is 0 Å². The first kappa shape index (κ1) is 12.2. The molecule has 1 aromatic carbocycles. The van der Waals surface area contributed by atoms with Gasteiger partial charge in [-0.05, 0) is 37.1 Å². The average molecular weight is 258 g/mol. The zero-order chi connectivity index (χ0) is 13.1. The van der Waals surface area contributed by atoms with Gasteiger partial charge in [0.05, 0.1) is 19.3 Å². The van der Waals surface area contributed by atoms with Crippen molar-refractivity contribution in [2.75, 3.05) is 13.7 Å². The van der Waals surface area contributed by atoms with Gasteiger partial charge in [-0.25, -0.2) is 4.98 Å². The van der Waals surface area contributed by atoms with Gasteiger partial charge in [-0.1, -0.05) is 12.1 Å². The van der Waals surface area contributed by atoms with Crippen LogP contribution in [0.4, 0.5) is 0 Å². The quantitative estimate of drug-likeness (QED) is 0.916. The predicted octanol–water partition coefficient (Wildman–Crippen LogP) is 2.70. The second-order valence-corrected chi connectivity index (χ2v) is 4.83. The zero-order valence-corrected chi connectivity index (χ0v) is 11.1. The van der Waals surface area contributed by atoms with E-state index in [0.29, 0.717) is 12.5 Å². The van der Waals surface area contributed by atoms with Crippen molar-refractivity contribution in [1.29, 1.82) is 0 Å². The molecule has 1 aliphatic heterocycles. The van der Waals surface area contributed by atoms with Crippen LogP contribution >= 0.6 is 0 Å². The monoisotopic (exact) mass is 258 g/mol. The Morgan fingerprint density at radius 2 is 2.42 bits per heavy atom. The molecule has 1 aromatic heterocycles. The molecule has 2 aromatic rings. The number of hydrogen-bond acceptors (Lipinski definition) is 4. The van der Waals surface area contributed by atoms with Crippen LogP contribution in [0.25, 0.3) is 0 Å². The van der Waals surface area contributed by atoms with Gasteiger partial charge in [0.25, 0.3) is 0 Å². The number of hydrogen-bond donors (Lipinski definition) is 1. The third-order valence-electron chi connectivity index (χ3n) is 3.46. The van der Waals surface area contributed by atoms with Crippen LogP contribution in [0.5, 0.6) is 5.75 Å². The van der Waals surface area contributed by atoms with Gasteiger partial charge in [0, 0.05) is 6.42 Å². The summed E-state index contributed by atoms with van der Waals surface area (Å²) in [4.78, 5) is 4.36. The highest BCUT2D eigenvalue weighted by atomic mass is 16.5. The molecule has 4 heteroatoms. The molecule has 2 heterocycles. The van der Waals surface area contributed by atoms with Gasteiger partial charge < -0.3 is 14.5 Å². The summed E-state index contributed by atoms with van der Waals surface area (Å²) < 4.78 is 11.0. The number of nitrogens with one attached hydrogen (secondary N) is 1. The van der Waals surface area contributed by atoms with E-state index in [-0.39, 0.29) is 0 Å².